The fourth-order valence-corrected chi connectivity index (χ4v) is 3.67. The molecular weight excluding hydrogens is 380 g/mol. The van der Waals surface area contributed by atoms with Gasteiger partial charge in [-0.3, -0.25) is 4.79 Å². The van der Waals surface area contributed by atoms with Crippen LogP contribution in [0.15, 0.2) is 49.1 Å². The van der Waals surface area contributed by atoms with Crippen molar-refractivity contribution in [1.29, 1.82) is 0 Å². The highest BCUT2D eigenvalue weighted by molar-refractivity contribution is 6.00. The van der Waals surface area contributed by atoms with Gasteiger partial charge in [0.25, 0.3) is 0 Å². The van der Waals surface area contributed by atoms with E-state index in [9.17, 15) is 9.59 Å². The van der Waals surface area contributed by atoms with E-state index < -0.39 is 23.5 Å². The maximum Gasteiger partial charge on any atom is 0.335 e. The van der Waals surface area contributed by atoms with Gasteiger partial charge in [-0.15, -0.1) is 6.58 Å². The Hall–Kier alpha value is -2.56. The molecule has 0 radical (unpaired) electrons. The summed E-state index contributed by atoms with van der Waals surface area (Å²) in [4.78, 5) is 25.1. The van der Waals surface area contributed by atoms with Crippen molar-refractivity contribution >= 4 is 11.9 Å². The zero-order chi connectivity index (χ0) is 22.0. The Balaban J connectivity index is 1.86. The first-order valence-electron chi connectivity index (χ1n) is 10.7. The van der Waals surface area contributed by atoms with Crippen LogP contribution in [0.5, 0.6) is 5.75 Å². The second-order valence-corrected chi connectivity index (χ2v) is 7.99. The molecule has 1 aromatic rings. The molecule has 1 aliphatic rings. The van der Waals surface area contributed by atoms with E-state index in [0.717, 1.165) is 37.0 Å². The maximum atomic E-state index is 12.9. The summed E-state index contributed by atoms with van der Waals surface area (Å²) < 4.78 is 16.2. The van der Waals surface area contributed by atoms with Crippen LogP contribution in [-0.2, 0) is 25.7 Å². The second kappa shape index (κ2) is 11.6. The first-order valence-corrected chi connectivity index (χ1v) is 10.7. The molecule has 1 heterocycles. The van der Waals surface area contributed by atoms with E-state index in [1.165, 1.54) is 19.3 Å². The van der Waals surface area contributed by atoms with Crippen molar-refractivity contribution in [2.75, 3.05) is 7.11 Å². The van der Waals surface area contributed by atoms with E-state index in [0.29, 0.717) is 6.42 Å². The fraction of sp³-hybridized carbons (Fsp3) is 0.520. The Kier molecular flexibility index (Phi) is 9.15. The number of esters is 2. The number of rotatable bonds is 13. The first-order chi connectivity index (χ1) is 14.4. The van der Waals surface area contributed by atoms with E-state index in [1.807, 2.05) is 30.3 Å². The van der Waals surface area contributed by atoms with Gasteiger partial charge in [0, 0.05) is 0 Å². The minimum atomic E-state index is -1.15. The number of carbonyl (C=O) groups excluding carboxylic acids is 2. The lowest BCUT2D eigenvalue weighted by Gasteiger charge is -2.27. The number of benzene rings is 1. The average molecular weight is 415 g/mol. The molecule has 0 bridgehead atoms. The zero-order valence-corrected chi connectivity index (χ0v) is 18.3. The van der Waals surface area contributed by atoms with Crippen LogP contribution in [0.25, 0.3) is 0 Å². The summed E-state index contributed by atoms with van der Waals surface area (Å²) in [7, 11) is 1.60. The summed E-state index contributed by atoms with van der Waals surface area (Å²) in [6.07, 6.45) is 9.78. The number of cyclic esters (lactones) is 1. The third kappa shape index (κ3) is 5.97. The predicted octanol–water partition coefficient (Wildman–Crippen LogP) is 5.53. The van der Waals surface area contributed by atoms with Gasteiger partial charge in [0.05, 0.1) is 12.7 Å². The third-order valence-electron chi connectivity index (χ3n) is 5.84. The normalized spacial score (nSPS) is 20.7. The van der Waals surface area contributed by atoms with Gasteiger partial charge >= 0.3 is 11.9 Å². The number of ether oxygens (including phenoxy) is 3. The number of carbonyl (C=O) groups is 2. The highest BCUT2D eigenvalue weighted by Gasteiger charge is 2.55. The van der Waals surface area contributed by atoms with Crippen LogP contribution in [0.1, 0.15) is 63.9 Å². The largest absolute Gasteiger partial charge is 0.497 e. The molecule has 0 unspecified atom stereocenters. The van der Waals surface area contributed by atoms with E-state index in [-0.39, 0.29) is 12.2 Å². The summed E-state index contributed by atoms with van der Waals surface area (Å²) in [5.74, 6) is -0.238. The first kappa shape index (κ1) is 23.7. The van der Waals surface area contributed by atoms with Gasteiger partial charge in [-0.05, 0) is 50.3 Å². The molecular formula is C25H34O5. The van der Waals surface area contributed by atoms with Gasteiger partial charge in [-0.25, -0.2) is 4.79 Å². The standard InChI is InChI=1S/C25H34O5/c1-5-6-7-8-9-10-11-12-13-22-25(3,19(2)23(26)30-22)24(27)29-18-20-14-16-21(28-4)17-15-20/h5,14-17,22H,1-2,6-13,18H2,3-4H3/t22-,25+/m1/s1. The van der Waals surface area contributed by atoms with Crippen molar-refractivity contribution in [3.05, 3.63) is 54.6 Å². The van der Waals surface area contributed by atoms with Crippen LogP contribution in [0.4, 0.5) is 0 Å². The lowest BCUT2D eigenvalue weighted by atomic mass is 9.78. The van der Waals surface area contributed by atoms with Gasteiger partial charge in [0.2, 0.25) is 0 Å². The summed E-state index contributed by atoms with van der Waals surface area (Å²) in [5.41, 5.74) is -0.124. The monoisotopic (exact) mass is 414 g/mol. The molecule has 2 atom stereocenters. The molecule has 0 N–H and O–H groups in total. The highest BCUT2D eigenvalue weighted by atomic mass is 16.6. The van der Waals surface area contributed by atoms with Gasteiger partial charge < -0.3 is 14.2 Å². The van der Waals surface area contributed by atoms with Gasteiger partial charge in [0.15, 0.2) is 0 Å². The summed E-state index contributed by atoms with van der Waals surface area (Å²) in [6, 6.07) is 7.30. The lowest BCUT2D eigenvalue weighted by molar-refractivity contribution is -0.158. The quantitative estimate of drug-likeness (QED) is 0.184. The van der Waals surface area contributed by atoms with Crippen molar-refractivity contribution in [1.82, 2.24) is 0 Å². The smallest absolute Gasteiger partial charge is 0.335 e. The zero-order valence-electron chi connectivity index (χ0n) is 18.3. The van der Waals surface area contributed by atoms with Crippen LogP contribution < -0.4 is 4.74 Å². The molecule has 1 saturated heterocycles. The molecule has 0 saturated carbocycles. The molecule has 0 aliphatic carbocycles. The Morgan fingerprint density at radius 2 is 1.77 bits per heavy atom. The van der Waals surface area contributed by atoms with Crippen LogP contribution in [0.2, 0.25) is 0 Å². The molecule has 1 fully saturated rings. The van der Waals surface area contributed by atoms with Crippen molar-refractivity contribution in [3.63, 3.8) is 0 Å². The molecule has 0 amide bonds. The maximum absolute atomic E-state index is 12.9. The lowest BCUT2D eigenvalue weighted by Crippen LogP contribution is -2.38. The molecule has 1 aromatic carbocycles. The number of allylic oxidation sites excluding steroid dienone is 1. The van der Waals surface area contributed by atoms with E-state index >= 15 is 0 Å². The van der Waals surface area contributed by atoms with Crippen molar-refractivity contribution in [2.45, 2.75) is 71.0 Å². The summed E-state index contributed by atoms with van der Waals surface area (Å²) >= 11 is 0. The van der Waals surface area contributed by atoms with Crippen LogP contribution in [-0.4, -0.2) is 25.2 Å². The van der Waals surface area contributed by atoms with Crippen molar-refractivity contribution < 1.29 is 23.8 Å². The van der Waals surface area contributed by atoms with E-state index in [4.69, 9.17) is 14.2 Å². The second-order valence-electron chi connectivity index (χ2n) is 7.99. The Labute approximate surface area is 180 Å². The van der Waals surface area contributed by atoms with Crippen LogP contribution in [0.3, 0.4) is 0 Å². The molecule has 30 heavy (non-hydrogen) atoms. The van der Waals surface area contributed by atoms with Crippen molar-refractivity contribution in [2.24, 2.45) is 5.41 Å². The molecule has 2 rings (SSSR count). The van der Waals surface area contributed by atoms with Crippen molar-refractivity contribution in [3.8, 4) is 5.75 Å². The van der Waals surface area contributed by atoms with E-state index in [2.05, 4.69) is 13.2 Å². The SMILES string of the molecule is C=CCCCCCCCC[C@H]1OC(=O)C(=C)[C@]1(C)C(=O)OCc1ccc(OC)cc1. The van der Waals surface area contributed by atoms with Crippen LogP contribution in [0, 0.1) is 5.41 Å². The predicted molar refractivity (Wildman–Crippen MR) is 117 cm³/mol. The number of hydrogen-bond acceptors (Lipinski definition) is 5. The average Bonchev–Trinajstić information content (AvgIpc) is 2.98. The summed E-state index contributed by atoms with van der Waals surface area (Å²) in [5, 5.41) is 0. The Morgan fingerprint density at radius 3 is 2.40 bits per heavy atom. The van der Waals surface area contributed by atoms with Crippen LogP contribution >= 0.6 is 0 Å². The number of hydrogen-bond donors (Lipinski definition) is 0. The van der Waals surface area contributed by atoms with Gasteiger partial charge in [-0.2, -0.15) is 0 Å². The van der Waals surface area contributed by atoms with Gasteiger partial charge in [0.1, 0.15) is 23.9 Å². The van der Waals surface area contributed by atoms with Gasteiger partial charge in [-0.1, -0.05) is 50.5 Å². The topological polar surface area (TPSA) is 61.8 Å². The fourth-order valence-electron chi connectivity index (χ4n) is 3.67. The third-order valence-corrected chi connectivity index (χ3v) is 5.84. The number of methoxy groups -OCH3 is 1. The van der Waals surface area contributed by atoms with E-state index in [1.54, 1.807) is 14.0 Å². The number of unbranched alkanes of at least 4 members (excludes halogenated alkanes) is 6. The Bertz CT molecular complexity index is 736. The minimum Gasteiger partial charge on any atom is -0.497 e. The highest BCUT2D eigenvalue weighted by Crippen LogP contribution is 2.42. The molecule has 164 valence electrons. The Morgan fingerprint density at radius 1 is 1.13 bits per heavy atom. The molecule has 1 aliphatic heterocycles. The molecule has 5 nitrogen and oxygen atoms in total. The molecule has 5 heteroatoms. The molecule has 0 aromatic heterocycles. The minimum absolute atomic E-state index is 0.122. The summed E-state index contributed by atoms with van der Waals surface area (Å²) in [6.45, 7) is 9.39. The molecule has 0 spiro atoms.